The monoisotopic (exact) mass is 348 g/mol. The van der Waals surface area contributed by atoms with Crippen molar-refractivity contribution in [1.82, 2.24) is 4.98 Å². The number of carbonyl (C=O) groups excluding carboxylic acids is 1. The summed E-state index contributed by atoms with van der Waals surface area (Å²) in [5, 5.41) is 2.61. The van der Waals surface area contributed by atoms with Gasteiger partial charge >= 0.3 is 0 Å². The maximum atomic E-state index is 11.6. The molecule has 0 unspecified atom stereocenters. The summed E-state index contributed by atoms with van der Waals surface area (Å²) in [5.41, 5.74) is 0.719. The second-order valence-electron chi connectivity index (χ2n) is 4.15. The van der Waals surface area contributed by atoms with Crippen molar-refractivity contribution < 1.29 is 17.9 Å². The molecule has 0 aliphatic rings. The Hall–Kier alpha value is -1.38. The number of nitrogens with zero attached hydrogens (tertiary/aromatic N) is 1. The van der Waals surface area contributed by atoms with Gasteiger partial charge in [-0.05, 0) is 19.1 Å². The molecule has 0 aliphatic heterocycles. The summed E-state index contributed by atoms with van der Waals surface area (Å²) in [6, 6.07) is 3.38. The predicted octanol–water partition coefficient (Wildman–Crippen LogP) is 2.28. The molecule has 0 spiro atoms. The van der Waals surface area contributed by atoms with Crippen LogP contribution in [0.15, 0.2) is 16.5 Å². The summed E-state index contributed by atoms with van der Waals surface area (Å²) < 4.78 is 29.3. The number of anilines is 1. The van der Waals surface area contributed by atoms with Gasteiger partial charge in [-0.1, -0.05) is 0 Å². The maximum Gasteiger partial charge on any atom is 0.239 e. The van der Waals surface area contributed by atoms with Gasteiger partial charge in [-0.3, -0.25) is 4.79 Å². The van der Waals surface area contributed by atoms with Gasteiger partial charge in [-0.2, -0.15) is 0 Å². The van der Waals surface area contributed by atoms with Gasteiger partial charge in [-0.15, -0.1) is 22.9 Å². The van der Waals surface area contributed by atoms with Gasteiger partial charge in [-0.25, -0.2) is 13.4 Å². The van der Waals surface area contributed by atoms with E-state index >= 15 is 0 Å². The van der Waals surface area contributed by atoms with Crippen LogP contribution >= 0.6 is 22.9 Å². The molecule has 21 heavy (non-hydrogen) atoms. The molecule has 0 saturated carbocycles. The van der Waals surface area contributed by atoms with Gasteiger partial charge in [0.2, 0.25) is 20.1 Å². The molecule has 114 valence electrons. The highest BCUT2D eigenvalue weighted by molar-refractivity contribution is 7.92. The zero-order valence-electron chi connectivity index (χ0n) is 11.3. The number of aromatic nitrogens is 1. The number of benzene rings is 1. The summed E-state index contributed by atoms with van der Waals surface area (Å²) in [7, 11) is -3.41. The second-order valence-corrected chi connectivity index (χ2v) is 7.64. The average Bonchev–Trinajstić information content (AvgIpc) is 2.85. The quantitative estimate of drug-likeness (QED) is 0.838. The minimum Gasteiger partial charge on any atom is -0.492 e. The SMILES string of the molecule is CCOc1ccc2sc(S(C)(=O)=O)nc2c1NC(=O)CCl. The number of nitrogens with one attached hydrogen (secondary N) is 1. The Bertz CT molecular complexity index is 786. The molecule has 2 rings (SSSR count). The van der Waals surface area contributed by atoms with Crippen LogP contribution in [0.2, 0.25) is 0 Å². The van der Waals surface area contributed by atoms with Crippen LogP contribution in [0.1, 0.15) is 6.92 Å². The van der Waals surface area contributed by atoms with Crippen molar-refractivity contribution in [1.29, 1.82) is 0 Å². The van der Waals surface area contributed by atoms with E-state index in [4.69, 9.17) is 16.3 Å². The Morgan fingerprint density at radius 3 is 2.76 bits per heavy atom. The lowest BCUT2D eigenvalue weighted by atomic mass is 10.2. The van der Waals surface area contributed by atoms with Crippen molar-refractivity contribution in [2.75, 3.05) is 24.1 Å². The van der Waals surface area contributed by atoms with Gasteiger partial charge in [0.05, 0.1) is 11.3 Å². The van der Waals surface area contributed by atoms with E-state index < -0.39 is 15.7 Å². The number of hydrogen-bond donors (Lipinski definition) is 1. The summed E-state index contributed by atoms with van der Waals surface area (Å²) >= 11 is 6.53. The maximum absolute atomic E-state index is 11.6. The van der Waals surface area contributed by atoms with E-state index in [1.807, 2.05) is 0 Å². The van der Waals surface area contributed by atoms with Crippen LogP contribution in [0.4, 0.5) is 5.69 Å². The molecular formula is C12H13ClN2O4S2. The van der Waals surface area contributed by atoms with Gasteiger partial charge < -0.3 is 10.1 Å². The number of carbonyl (C=O) groups is 1. The first-order valence-corrected chi connectivity index (χ1v) is 9.23. The topological polar surface area (TPSA) is 85.4 Å². The Balaban J connectivity index is 2.65. The number of ether oxygens (including phenoxy) is 1. The molecule has 6 nitrogen and oxygen atoms in total. The number of alkyl halides is 1. The number of thiazole rings is 1. The third-order valence-corrected chi connectivity index (χ3v) is 5.45. The van der Waals surface area contributed by atoms with E-state index in [2.05, 4.69) is 10.3 Å². The van der Waals surface area contributed by atoms with Crippen molar-refractivity contribution in [2.24, 2.45) is 0 Å². The predicted molar refractivity (Wildman–Crippen MR) is 83.2 cm³/mol. The van der Waals surface area contributed by atoms with Gasteiger partial charge in [0, 0.05) is 6.26 Å². The summed E-state index contributed by atoms with van der Waals surface area (Å²) in [6.07, 6.45) is 1.09. The molecule has 0 radical (unpaired) electrons. The second kappa shape index (κ2) is 6.17. The zero-order valence-corrected chi connectivity index (χ0v) is 13.7. The number of amides is 1. The van der Waals surface area contributed by atoms with E-state index in [0.717, 1.165) is 17.6 Å². The fraction of sp³-hybridized carbons (Fsp3) is 0.333. The molecule has 1 heterocycles. The molecule has 9 heteroatoms. The largest absolute Gasteiger partial charge is 0.492 e. The molecule has 0 atom stereocenters. The minimum atomic E-state index is -3.41. The number of halogens is 1. The van der Waals surface area contributed by atoms with Crippen LogP contribution < -0.4 is 10.1 Å². The summed E-state index contributed by atoms with van der Waals surface area (Å²) in [4.78, 5) is 15.7. The van der Waals surface area contributed by atoms with E-state index in [9.17, 15) is 13.2 Å². The molecular weight excluding hydrogens is 336 g/mol. The highest BCUT2D eigenvalue weighted by atomic mass is 35.5. The van der Waals surface area contributed by atoms with Gasteiger partial charge in [0.15, 0.2) is 0 Å². The van der Waals surface area contributed by atoms with Crippen LogP contribution in [0.3, 0.4) is 0 Å². The summed E-state index contributed by atoms with van der Waals surface area (Å²) in [5.74, 6) is -0.210. The van der Waals surface area contributed by atoms with Crippen LogP contribution in [0.25, 0.3) is 10.2 Å². The first-order chi connectivity index (χ1) is 9.86. The summed E-state index contributed by atoms with van der Waals surface area (Å²) in [6.45, 7) is 2.21. The Morgan fingerprint density at radius 2 is 2.19 bits per heavy atom. The molecule has 1 N–H and O–H groups in total. The lowest BCUT2D eigenvalue weighted by Gasteiger charge is -2.11. The molecule has 0 aliphatic carbocycles. The Kier molecular flexibility index (Phi) is 4.70. The fourth-order valence-corrected chi connectivity index (χ4v) is 3.59. The Labute approximate surface area is 131 Å². The number of fused-ring (bicyclic) bond motifs is 1. The molecule has 0 fully saturated rings. The van der Waals surface area contributed by atoms with Crippen molar-refractivity contribution in [3.63, 3.8) is 0 Å². The minimum absolute atomic E-state index is 0.00693. The van der Waals surface area contributed by atoms with Crippen molar-refractivity contribution >= 4 is 54.6 Å². The van der Waals surface area contributed by atoms with Crippen LogP contribution in [0.5, 0.6) is 5.75 Å². The average molecular weight is 349 g/mol. The highest BCUT2D eigenvalue weighted by Gasteiger charge is 2.19. The smallest absolute Gasteiger partial charge is 0.239 e. The van der Waals surface area contributed by atoms with E-state index in [1.165, 1.54) is 0 Å². The molecule has 1 aromatic heterocycles. The van der Waals surface area contributed by atoms with Crippen molar-refractivity contribution in [3.8, 4) is 5.75 Å². The highest BCUT2D eigenvalue weighted by Crippen LogP contribution is 2.37. The first kappa shape index (κ1) is 16.0. The Morgan fingerprint density at radius 1 is 1.48 bits per heavy atom. The fourth-order valence-electron chi connectivity index (χ4n) is 1.68. The lowest BCUT2D eigenvalue weighted by Crippen LogP contribution is -2.14. The molecule has 1 amide bonds. The van der Waals surface area contributed by atoms with E-state index in [1.54, 1.807) is 19.1 Å². The van der Waals surface area contributed by atoms with Gasteiger partial charge in [0.1, 0.15) is 22.8 Å². The normalized spacial score (nSPS) is 11.6. The molecule has 2 aromatic rings. The number of rotatable bonds is 5. The van der Waals surface area contributed by atoms with Crippen LogP contribution in [0, 0.1) is 0 Å². The van der Waals surface area contributed by atoms with Crippen molar-refractivity contribution in [2.45, 2.75) is 11.3 Å². The van der Waals surface area contributed by atoms with E-state index in [0.29, 0.717) is 28.3 Å². The third kappa shape index (κ3) is 3.45. The molecule has 0 saturated heterocycles. The van der Waals surface area contributed by atoms with Crippen LogP contribution in [-0.2, 0) is 14.6 Å². The molecule has 1 aromatic carbocycles. The third-order valence-electron chi connectivity index (χ3n) is 2.51. The lowest BCUT2D eigenvalue weighted by molar-refractivity contribution is -0.113. The van der Waals surface area contributed by atoms with Gasteiger partial charge in [0.25, 0.3) is 0 Å². The van der Waals surface area contributed by atoms with E-state index in [-0.39, 0.29) is 10.2 Å². The number of sulfone groups is 1. The molecule has 0 bridgehead atoms. The standard InChI is InChI=1S/C12H13ClN2O4S2/c1-3-19-7-4-5-8-11(10(7)14-9(16)6-13)15-12(20-8)21(2,17)18/h4-5H,3,6H2,1-2H3,(H,14,16). The first-order valence-electron chi connectivity index (χ1n) is 5.99. The van der Waals surface area contributed by atoms with Crippen molar-refractivity contribution in [3.05, 3.63) is 12.1 Å². The zero-order chi connectivity index (χ0) is 15.6. The number of hydrogen-bond acceptors (Lipinski definition) is 6. The van der Waals surface area contributed by atoms with Crippen LogP contribution in [-0.4, -0.2) is 38.1 Å².